The molecule has 2 atom stereocenters. The summed E-state index contributed by atoms with van der Waals surface area (Å²) < 4.78 is 7.15. The lowest BCUT2D eigenvalue weighted by molar-refractivity contribution is -0.119. The molecular formula is C24H27N5O2S. The maximum Gasteiger partial charge on any atom is 0.250 e. The van der Waals surface area contributed by atoms with Crippen molar-refractivity contribution in [2.45, 2.75) is 32.0 Å². The van der Waals surface area contributed by atoms with Crippen LogP contribution >= 0.6 is 12.2 Å². The summed E-state index contributed by atoms with van der Waals surface area (Å²) in [5.41, 5.74) is 3.73. The molecule has 1 fully saturated rings. The van der Waals surface area contributed by atoms with Crippen LogP contribution in [0.3, 0.4) is 0 Å². The van der Waals surface area contributed by atoms with Crippen molar-refractivity contribution in [1.82, 2.24) is 14.9 Å². The molecule has 166 valence electrons. The Balaban J connectivity index is 1.72. The van der Waals surface area contributed by atoms with Gasteiger partial charge in [-0.15, -0.1) is 0 Å². The van der Waals surface area contributed by atoms with Gasteiger partial charge in [0.25, 0.3) is 0 Å². The molecule has 0 aliphatic carbocycles. The fourth-order valence-electron chi connectivity index (χ4n) is 4.10. The fraction of sp³-hybridized carbons (Fsp3) is 0.292. The minimum absolute atomic E-state index is 0.0158. The summed E-state index contributed by atoms with van der Waals surface area (Å²) in [6.07, 6.45) is 3.90. The molecule has 0 spiro atoms. The number of rotatable bonds is 7. The number of nitrogens with zero attached hydrogens (tertiary/aromatic N) is 3. The molecule has 1 aromatic carbocycles. The number of methoxy groups -OCH3 is 1. The van der Waals surface area contributed by atoms with Crippen LogP contribution in [0.5, 0.6) is 0 Å². The van der Waals surface area contributed by atoms with E-state index in [1.807, 2.05) is 42.5 Å². The van der Waals surface area contributed by atoms with Crippen LogP contribution in [0.15, 0.2) is 67.0 Å². The van der Waals surface area contributed by atoms with Crippen LogP contribution in [0.1, 0.15) is 43.4 Å². The Morgan fingerprint density at radius 2 is 1.97 bits per heavy atom. The van der Waals surface area contributed by atoms with Crippen LogP contribution in [-0.4, -0.2) is 34.3 Å². The molecular weight excluding hydrogens is 422 g/mol. The molecule has 0 unspecified atom stereocenters. The highest BCUT2D eigenvalue weighted by Gasteiger charge is 2.42. The second-order valence-electron chi connectivity index (χ2n) is 7.96. The van der Waals surface area contributed by atoms with E-state index < -0.39 is 0 Å². The van der Waals surface area contributed by atoms with E-state index in [2.05, 4.69) is 57.3 Å². The van der Waals surface area contributed by atoms with Crippen molar-refractivity contribution < 1.29 is 9.53 Å². The van der Waals surface area contributed by atoms with Crippen LogP contribution in [0.4, 0.5) is 11.4 Å². The van der Waals surface area contributed by atoms with Crippen molar-refractivity contribution in [2.24, 2.45) is 0 Å². The summed E-state index contributed by atoms with van der Waals surface area (Å²) >= 11 is 5.79. The molecule has 2 aromatic heterocycles. The topological polar surface area (TPSA) is 71.4 Å². The molecule has 2 N–H and O–H groups in total. The van der Waals surface area contributed by atoms with Gasteiger partial charge >= 0.3 is 0 Å². The normalized spacial score (nSPS) is 18.1. The van der Waals surface area contributed by atoms with Crippen LogP contribution in [0, 0.1) is 0 Å². The van der Waals surface area contributed by atoms with Crippen molar-refractivity contribution in [3.63, 3.8) is 0 Å². The van der Waals surface area contributed by atoms with Gasteiger partial charge in [0.2, 0.25) is 5.91 Å². The average molecular weight is 450 g/mol. The first-order chi connectivity index (χ1) is 15.5. The number of amides is 1. The minimum atomic E-state index is -0.193. The van der Waals surface area contributed by atoms with Crippen molar-refractivity contribution in [3.8, 4) is 0 Å². The van der Waals surface area contributed by atoms with E-state index in [9.17, 15) is 4.79 Å². The Morgan fingerprint density at radius 1 is 1.19 bits per heavy atom. The zero-order valence-corrected chi connectivity index (χ0v) is 19.2. The van der Waals surface area contributed by atoms with Gasteiger partial charge in [-0.1, -0.05) is 6.07 Å². The second kappa shape index (κ2) is 9.50. The first-order valence-electron chi connectivity index (χ1n) is 10.6. The third-order valence-corrected chi connectivity index (χ3v) is 5.79. The standard InChI is InChI=1S/C24H27N5O2S/c1-16(2)28-14-6-8-20(28)23-22(19-7-4-5-13-25-19)27-24(32)29(23)18-11-9-17(10-12-18)26-21(30)15-31-3/h4-14,16,22-23H,15H2,1-3H3,(H,26,30)(H,27,32)/t22-,23+/m1/s1. The van der Waals surface area contributed by atoms with Gasteiger partial charge in [0.05, 0.1) is 11.7 Å². The fourth-order valence-corrected chi connectivity index (χ4v) is 4.44. The molecule has 8 heteroatoms. The molecule has 0 bridgehead atoms. The third kappa shape index (κ3) is 4.37. The molecule has 3 aromatic rings. The number of thiocarbonyl (C=S) groups is 1. The summed E-state index contributed by atoms with van der Waals surface area (Å²) in [5, 5.41) is 6.94. The lowest BCUT2D eigenvalue weighted by Crippen LogP contribution is -2.30. The van der Waals surface area contributed by atoms with Gasteiger partial charge in [0.15, 0.2) is 5.11 Å². The number of pyridine rings is 1. The molecule has 1 aliphatic heterocycles. The smallest absolute Gasteiger partial charge is 0.250 e. The lowest BCUT2D eigenvalue weighted by atomic mass is 10.0. The summed E-state index contributed by atoms with van der Waals surface area (Å²) in [6.45, 7) is 4.35. The van der Waals surface area contributed by atoms with Crippen LogP contribution in [0.2, 0.25) is 0 Å². The van der Waals surface area contributed by atoms with E-state index in [4.69, 9.17) is 17.0 Å². The quantitative estimate of drug-likeness (QED) is 0.526. The lowest BCUT2D eigenvalue weighted by Gasteiger charge is -2.30. The van der Waals surface area contributed by atoms with Gasteiger partial charge in [-0.25, -0.2) is 0 Å². The Labute approximate surface area is 193 Å². The van der Waals surface area contributed by atoms with E-state index in [0.29, 0.717) is 16.8 Å². The number of hydrogen-bond acceptors (Lipinski definition) is 4. The number of carbonyl (C=O) groups is 1. The van der Waals surface area contributed by atoms with E-state index >= 15 is 0 Å². The van der Waals surface area contributed by atoms with Crippen LogP contribution in [0.25, 0.3) is 0 Å². The van der Waals surface area contributed by atoms with E-state index in [0.717, 1.165) is 17.1 Å². The highest BCUT2D eigenvalue weighted by Crippen LogP contribution is 2.42. The summed E-state index contributed by atoms with van der Waals surface area (Å²) in [4.78, 5) is 18.6. The zero-order valence-electron chi connectivity index (χ0n) is 18.4. The largest absolute Gasteiger partial charge is 0.375 e. The van der Waals surface area contributed by atoms with Crippen molar-refractivity contribution in [1.29, 1.82) is 0 Å². The minimum Gasteiger partial charge on any atom is -0.375 e. The molecule has 0 radical (unpaired) electrons. The van der Waals surface area contributed by atoms with E-state index in [-0.39, 0.29) is 24.6 Å². The van der Waals surface area contributed by atoms with Crippen LogP contribution < -0.4 is 15.5 Å². The molecule has 3 heterocycles. The first-order valence-corrected chi connectivity index (χ1v) is 11.0. The van der Waals surface area contributed by atoms with E-state index in [1.165, 1.54) is 7.11 Å². The number of carbonyl (C=O) groups excluding carboxylic acids is 1. The van der Waals surface area contributed by atoms with Gasteiger partial charge in [-0.3, -0.25) is 9.78 Å². The Kier molecular flexibility index (Phi) is 6.53. The molecule has 1 aliphatic rings. The van der Waals surface area contributed by atoms with Crippen molar-refractivity contribution in [3.05, 3.63) is 78.4 Å². The molecule has 0 saturated carbocycles. The maximum absolute atomic E-state index is 11.8. The van der Waals surface area contributed by atoms with Crippen molar-refractivity contribution in [2.75, 3.05) is 23.9 Å². The Morgan fingerprint density at radius 3 is 2.62 bits per heavy atom. The highest BCUT2D eigenvalue weighted by atomic mass is 32.1. The number of nitrogens with one attached hydrogen (secondary N) is 2. The second-order valence-corrected chi connectivity index (χ2v) is 8.35. The van der Waals surface area contributed by atoms with Crippen LogP contribution in [-0.2, 0) is 9.53 Å². The van der Waals surface area contributed by atoms with Gasteiger partial charge in [-0.05, 0) is 74.6 Å². The van der Waals surface area contributed by atoms with Gasteiger partial charge in [0.1, 0.15) is 12.6 Å². The van der Waals surface area contributed by atoms with Gasteiger partial charge in [0, 0.05) is 42.6 Å². The highest BCUT2D eigenvalue weighted by molar-refractivity contribution is 7.80. The van der Waals surface area contributed by atoms with Gasteiger partial charge < -0.3 is 24.8 Å². The van der Waals surface area contributed by atoms with Gasteiger partial charge in [-0.2, -0.15) is 0 Å². The monoisotopic (exact) mass is 449 g/mol. The van der Waals surface area contributed by atoms with E-state index in [1.54, 1.807) is 6.20 Å². The maximum atomic E-state index is 11.8. The molecule has 1 amide bonds. The summed E-state index contributed by atoms with van der Waals surface area (Å²) in [7, 11) is 1.50. The molecule has 4 rings (SSSR count). The average Bonchev–Trinajstić information content (AvgIpc) is 3.39. The summed E-state index contributed by atoms with van der Waals surface area (Å²) in [5.74, 6) is -0.193. The molecule has 7 nitrogen and oxygen atoms in total. The predicted molar refractivity (Wildman–Crippen MR) is 130 cm³/mol. The van der Waals surface area contributed by atoms with Crippen molar-refractivity contribution >= 4 is 34.6 Å². The number of ether oxygens (including phenoxy) is 1. The number of aromatic nitrogens is 2. The Bertz CT molecular complexity index is 1080. The molecule has 1 saturated heterocycles. The number of hydrogen-bond donors (Lipinski definition) is 2. The first kappa shape index (κ1) is 22.0. The zero-order chi connectivity index (χ0) is 22.7. The molecule has 32 heavy (non-hydrogen) atoms. The number of benzene rings is 1. The summed E-state index contributed by atoms with van der Waals surface area (Å²) in [6, 6.07) is 17.9. The Hall–Kier alpha value is -3.23. The predicted octanol–water partition coefficient (Wildman–Crippen LogP) is 4.23. The number of anilines is 2. The SMILES string of the molecule is COCC(=O)Nc1ccc(N2C(=S)N[C@H](c3ccccn3)[C@@H]2c2cccn2C(C)C)cc1. The third-order valence-electron chi connectivity index (χ3n) is 5.47.